The third-order valence-corrected chi connectivity index (χ3v) is 2.59. The molecule has 0 aliphatic carbocycles. The van der Waals surface area contributed by atoms with Crippen molar-refractivity contribution < 1.29 is 22.7 Å². The molecular weight excluding hydrogens is 271 g/mol. The van der Waals surface area contributed by atoms with Crippen molar-refractivity contribution in [1.29, 1.82) is 0 Å². The van der Waals surface area contributed by atoms with Crippen molar-refractivity contribution in [2.24, 2.45) is 0 Å². The van der Waals surface area contributed by atoms with Crippen LogP contribution in [0.2, 0.25) is 0 Å². The fourth-order valence-electron chi connectivity index (χ4n) is 1.69. The molecule has 0 aliphatic rings. The minimum Gasteiger partial charge on any atom is -0.405 e. The number of hydrogen-bond donors (Lipinski definition) is 0. The van der Waals surface area contributed by atoms with E-state index in [4.69, 9.17) is 0 Å². The third kappa shape index (κ3) is 3.34. The zero-order valence-electron chi connectivity index (χ0n) is 10.4. The topological polar surface area (TPSA) is 39.2 Å². The summed E-state index contributed by atoms with van der Waals surface area (Å²) in [6.45, 7) is 1.76. The van der Waals surface area contributed by atoms with E-state index in [0.29, 0.717) is 11.8 Å². The molecule has 3 nitrogen and oxygen atoms in total. The molecule has 2 rings (SSSR count). The van der Waals surface area contributed by atoms with Crippen LogP contribution in [0.15, 0.2) is 36.5 Å². The van der Waals surface area contributed by atoms with E-state index in [1.807, 2.05) is 0 Å². The van der Waals surface area contributed by atoms with Gasteiger partial charge in [0.2, 0.25) is 0 Å². The summed E-state index contributed by atoms with van der Waals surface area (Å²) in [7, 11) is 0. The number of halogens is 3. The second-order valence-corrected chi connectivity index (χ2v) is 4.11. The zero-order valence-corrected chi connectivity index (χ0v) is 10.4. The first-order chi connectivity index (χ1) is 9.39. The average Bonchev–Trinajstić information content (AvgIpc) is 2.38. The summed E-state index contributed by atoms with van der Waals surface area (Å²) >= 11 is 0. The lowest BCUT2D eigenvalue weighted by Gasteiger charge is -2.13. The van der Waals surface area contributed by atoms with Crippen molar-refractivity contribution >= 4 is 6.29 Å². The van der Waals surface area contributed by atoms with Crippen LogP contribution in [-0.2, 0) is 0 Å². The Kier molecular flexibility index (Phi) is 3.74. The van der Waals surface area contributed by atoms with Crippen LogP contribution in [0.5, 0.6) is 5.75 Å². The summed E-state index contributed by atoms with van der Waals surface area (Å²) in [5, 5.41) is 0. The fraction of sp³-hybridized carbons (Fsp3) is 0.143. The molecule has 1 aromatic heterocycles. The lowest BCUT2D eigenvalue weighted by Crippen LogP contribution is -2.17. The van der Waals surface area contributed by atoms with E-state index in [-0.39, 0.29) is 16.9 Å². The smallest absolute Gasteiger partial charge is 0.405 e. The molecule has 104 valence electrons. The normalized spacial score (nSPS) is 11.2. The molecule has 1 heterocycles. The second kappa shape index (κ2) is 5.32. The molecule has 0 atom stereocenters. The van der Waals surface area contributed by atoms with Gasteiger partial charge in [0, 0.05) is 28.6 Å². The maximum Gasteiger partial charge on any atom is 0.573 e. The molecule has 0 unspecified atom stereocenters. The van der Waals surface area contributed by atoms with Crippen LogP contribution in [0, 0.1) is 6.92 Å². The molecule has 0 N–H and O–H groups in total. The molecule has 0 radical (unpaired) electrons. The average molecular weight is 281 g/mol. The third-order valence-electron chi connectivity index (χ3n) is 2.59. The van der Waals surface area contributed by atoms with Crippen LogP contribution >= 0.6 is 0 Å². The van der Waals surface area contributed by atoms with Gasteiger partial charge in [-0.25, -0.2) is 0 Å². The minimum absolute atomic E-state index is 0.166. The Morgan fingerprint density at radius 2 is 1.95 bits per heavy atom. The molecular formula is C14H10F3NO2. The summed E-state index contributed by atoms with van der Waals surface area (Å²) in [6, 6.07) is 7.00. The van der Waals surface area contributed by atoms with Gasteiger partial charge in [-0.3, -0.25) is 9.78 Å². The Hall–Kier alpha value is -2.37. The molecule has 1 aromatic carbocycles. The quantitative estimate of drug-likeness (QED) is 0.804. The van der Waals surface area contributed by atoms with Gasteiger partial charge in [0.05, 0.1) is 0 Å². The molecule has 0 saturated carbocycles. The maximum absolute atomic E-state index is 12.4. The van der Waals surface area contributed by atoms with E-state index in [1.54, 1.807) is 19.1 Å². The molecule has 0 saturated heterocycles. The van der Waals surface area contributed by atoms with Gasteiger partial charge in [-0.05, 0) is 31.2 Å². The van der Waals surface area contributed by atoms with Gasteiger partial charge >= 0.3 is 6.36 Å². The van der Waals surface area contributed by atoms with Crippen LogP contribution in [0.3, 0.4) is 0 Å². The monoisotopic (exact) mass is 281 g/mol. The lowest BCUT2D eigenvalue weighted by atomic mass is 10.0. The molecule has 0 aliphatic heterocycles. The number of carbonyl (C=O) groups is 1. The molecule has 6 heteroatoms. The number of alkyl halides is 3. The highest BCUT2D eigenvalue weighted by atomic mass is 19.4. The van der Waals surface area contributed by atoms with Crippen LogP contribution in [0.4, 0.5) is 13.2 Å². The highest BCUT2D eigenvalue weighted by Gasteiger charge is 2.32. The van der Waals surface area contributed by atoms with Gasteiger partial charge in [-0.2, -0.15) is 0 Å². The van der Waals surface area contributed by atoms with Gasteiger partial charge in [0.25, 0.3) is 0 Å². The van der Waals surface area contributed by atoms with Crippen molar-refractivity contribution in [3.05, 3.63) is 47.8 Å². The number of pyridine rings is 1. The number of benzene rings is 1. The van der Waals surface area contributed by atoms with E-state index in [2.05, 4.69) is 9.72 Å². The molecule has 20 heavy (non-hydrogen) atoms. The standard InChI is InChI=1S/C14H10F3NO2/c1-9-2-4-11(7-18-9)12-6-10(8-19)3-5-13(12)20-14(15,16)17/h2-8H,1H3. The Morgan fingerprint density at radius 3 is 2.50 bits per heavy atom. The first-order valence-electron chi connectivity index (χ1n) is 5.67. The van der Waals surface area contributed by atoms with Gasteiger partial charge < -0.3 is 4.74 Å². The molecule has 0 amide bonds. The van der Waals surface area contributed by atoms with Gasteiger partial charge in [-0.1, -0.05) is 6.07 Å². The van der Waals surface area contributed by atoms with E-state index < -0.39 is 6.36 Å². The maximum atomic E-state index is 12.4. The summed E-state index contributed by atoms with van der Waals surface area (Å²) in [4.78, 5) is 14.8. The highest BCUT2D eigenvalue weighted by Crippen LogP contribution is 2.34. The molecule has 2 aromatic rings. The summed E-state index contributed by atoms with van der Waals surface area (Å²) in [5.74, 6) is -0.367. The second-order valence-electron chi connectivity index (χ2n) is 4.11. The van der Waals surface area contributed by atoms with Gasteiger partial charge in [0.1, 0.15) is 12.0 Å². The van der Waals surface area contributed by atoms with E-state index in [0.717, 1.165) is 11.8 Å². The molecule has 0 spiro atoms. The van der Waals surface area contributed by atoms with Gasteiger partial charge in [-0.15, -0.1) is 13.2 Å². The first-order valence-corrected chi connectivity index (χ1v) is 5.67. The predicted molar refractivity (Wildman–Crippen MR) is 66.5 cm³/mol. The molecule has 0 bridgehead atoms. The molecule has 0 fully saturated rings. The zero-order chi connectivity index (χ0) is 14.8. The van der Waals surface area contributed by atoms with Crippen LogP contribution in [0.1, 0.15) is 16.1 Å². The number of aldehydes is 1. The number of nitrogens with zero attached hydrogens (tertiary/aromatic N) is 1. The number of rotatable bonds is 3. The Labute approximate surface area is 113 Å². The van der Waals surface area contributed by atoms with Crippen molar-refractivity contribution in [3.8, 4) is 16.9 Å². The van der Waals surface area contributed by atoms with E-state index in [9.17, 15) is 18.0 Å². The first kappa shape index (κ1) is 14.0. The van der Waals surface area contributed by atoms with Crippen molar-refractivity contribution in [3.63, 3.8) is 0 Å². The Bertz CT molecular complexity index is 621. The highest BCUT2D eigenvalue weighted by molar-refractivity contribution is 5.81. The largest absolute Gasteiger partial charge is 0.573 e. The van der Waals surface area contributed by atoms with Gasteiger partial charge in [0.15, 0.2) is 0 Å². The minimum atomic E-state index is -4.80. The number of hydrogen-bond acceptors (Lipinski definition) is 3. The number of aryl methyl sites for hydroxylation is 1. The van der Waals surface area contributed by atoms with Crippen LogP contribution in [0.25, 0.3) is 11.1 Å². The lowest BCUT2D eigenvalue weighted by molar-refractivity contribution is -0.274. The number of ether oxygens (including phenoxy) is 1. The SMILES string of the molecule is Cc1ccc(-c2cc(C=O)ccc2OC(F)(F)F)cn1. The summed E-state index contributed by atoms with van der Waals surface area (Å²) in [5.41, 5.74) is 1.60. The van der Waals surface area contributed by atoms with Crippen molar-refractivity contribution in [2.75, 3.05) is 0 Å². The van der Waals surface area contributed by atoms with Crippen LogP contribution < -0.4 is 4.74 Å². The Morgan fingerprint density at radius 1 is 1.20 bits per heavy atom. The van der Waals surface area contributed by atoms with E-state index >= 15 is 0 Å². The Balaban J connectivity index is 2.52. The van der Waals surface area contributed by atoms with Crippen molar-refractivity contribution in [1.82, 2.24) is 4.98 Å². The summed E-state index contributed by atoms with van der Waals surface area (Å²) in [6.07, 6.45) is -2.81. The number of aromatic nitrogens is 1. The summed E-state index contributed by atoms with van der Waals surface area (Å²) < 4.78 is 41.1. The fourth-order valence-corrected chi connectivity index (χ4v) is 1.69. The van der Waals surface area contributed by atoms with Crippen molar-refractivity contribution in [2.45, 2.75) is 13.3 Å². The van der Waals surface area contributed by atoms with Crippen LogP contribution in [-0.4, -0.2) is 17.6 Å². The predicted octanol–water partition coefficient (Wildman–Crippen LogP) is 3.77. The van der Waals surface area contributed by atoms with E-state index in [1.165, 1.54) is 18.3 Å². The number of carbonyl (C=O) groups excluding carboxylic acids is 1.